The molecule has 0 radical (unpaired) electrons. The number of aromatic nitrogens is 2. The number of piperidine rings is 1. The van der Waals surface area contributed by atoms with Gasteiger partial charge in [0.25, 0.3) is 5.56 Å². The Morgan fingerprint density at radius 3 is 2.59 bits per heavy atom. The van der Waals surface area contributed by atoms with E-state index < -0.39 is 17.5 Å². The first-order valence-corrected chi connectivity index (χ1v) is 9.83. The van der Waals surface area contributed by atoms with Crippen LogP contribution in [0.1, 0.15) is 36.1 Å². The van der Waals surface area contributed by atoms with Gasteiger partial charge >= 0.3 is 5.97 Å². The Labute approximate surface area is 168 Å². The highest BCUT2D eigenvalue weighted by molar-refractivity contribution is 5.81. The summed E-state index contributed by atoms with van der Waals surface area (Å²) in [6.45, 7) is 1.92. The molecule has 0 unspecified atom stereocenters. The number of rotatable bonds is 7. The SMILES string of the molecule is Cc1[nH][nH]c(=O)c1CC(=O)N1CC[C@@H](O)[C@](CCCc2ccccc2)(C(=O)O)C1. The minimum absolute atomic E-state index is 0.0570. The smallest absolute Gasteiger partial charge is 0.314 e. The summed E-state index contributed by atoms with van der Waals surface area (Å²) in [5.41, 5.74) is 0.301. The number of aryl methyl sites for hydroxylation is 2. The molecule has 3 rings (SSSR count). The first kappa shape index (κ1) is 20.9. The molecule has 1 aliphatic rings. The second-order valence-electron chi connectivity index (χ2n) is 7.78. The third-order valence-corrected chi connectivity index (χ3v) is 5.91. The number of H-pyrrole nitrogens is 2. The van der Waals surface area contributed by atoms with Crippen LogP contribution in [0.3, 0.4) is 0 Å². The van der Waals surface area contributed by atoms with E-state index in [1.165, 1.54) is 4.90 Å². The molecule has 156 valence electrons. The maximum Gasteiger partial charge on any atom is 0.314 e. The van der Waals surface area contributed by atoms with Gasteiger partial charge in [0.15, 0.2) is 0 Å². The van der Waals surface area contributed by atoms with E-state index in [4.69, 9.17) is 0 Å². The lowest BCUT2D eigenvalue weighted by Crippen LogP contribution is -2.57. The van der Waals surface area contributed by atoms with Crippen LogP contribution >= 0.6 is 0 Å². The molecule has 8 heteroatoms. The number of benzene rings is 1. The zero-order valence-corrected chi connectivity index (χ0v) is 16.5. The molecular formula is C21H27N3O5. The van der Waals surface area contributed by atoms with Crippen molar-refractivity contribution in [3.8, 4) is 0 Å². The van der Waals surface area contributed by atoms with Gasteiger partial charge in [-0.2, -0.15) is 0 Å². The van der Waals surface area contributed by atoms with Crippen LogP contribution in [-0.2, 0) is 22.4 Å². The molecule has 0 saturated carbocycles. The standard InChI is InChI=1S/C21H27N3O5/c1-14-16(19(27)23-22-14)12-18(26)24-11-9-17(25)21(13-24,20(28)29)10-5-8-15-6-3-2-4-7-15/h2-4,6-7,17,25H,5,8-13H2,1H3,(H,28,29)(H2,22,23,27)/t17-,21-/m1/s1. The quantitative estimate of drug-likeness (QED) is 0.555. The molecule has 1 aromatic carbocycles. The number of carbonyl (C=O) groups excluding carboxylic acids is 1. The molecule has 4 N–H and O–H groups in total. The van der Waals surface area contributed by atoms with Crippen molar-refractivity contribution < 1.29 is 19.8 Å². The maximum absolute atomic E-state index is 12.8. The number of aliphatic carboxylic acids is 1. The predicted molar refractivity (Wildman–Crippen MR) is 107 cm³/mol. The van der Waals surface area contributed by atoms with Crippen molar-refractivity contribution in [1.82, 2.24) is 15.1 Å². The number of likely N-dealkylation sites (tertiary alicyclic amines) is 1. The number of carboxylic acids is 1. The van der Waals surface area contributed by atoms with Crippen LogP contribution in [-0.4, -0.2) is 56.4 Å². The summed E-state index contributed by atoms with van der Waals surface area (Å²) in [6.07, 6.45) is 0.649. The second kappa shape index (κ2) is 8.65. The van der Waals surface area contributed by atoms with Gasteiger partial charge in [0, 0.05) is 24.3 Å². The van der Waals surface area contributed by atoms with Crippen LogP contribution in [0.25, 0.3) is 0 Å². The van der Waals surface area contributed by atoms with Gasteiger partial charge in [-0.3, -0.25) is 19.5 Å². The fourth-order valence-electron chi connectivity index (χ4n) is 4.06. The lowest BCUT2D eigenvalue weighted by molar-refractivity contribution is -0.166. The highest BCUT2D eigenvalue weighted by Crippen LogP contribution is 2.36. The van der Waals surface area contributed by atoms with Crippen LogP contribution in [0.2, 0.25) is 0 Å². The molecule has 2 aromatic rings. The monoisotopic (exact) mass is 401 g/mol. The van der Waals surface area contributed by atoms with Gasteiger partial charge in [-0.25, -0.2) is 0 Å². The molecule has 8 nitrogen and oxygen atoms in total. The normalized spacial score (nSPS) is 21.9. The zero-order chi connectivity index (χ0) is 21.0. The molecule has 1 fully saturated rings. The van der Waals surface area contributed by atoms with Gasteiger partial charge in [0.2, 0.25) is 5.91 Å². The van der Waals surface area contributed by atoms with Crippen LogP contribution < -0.4 is 5.56 Å². The minimum Gasteiger partial charge on any atom is -0.481 e. The van der Waals surface area contributed by atoms with Crippen molar-refractivity contribution in [3.05, 3.63) is 57.5 Å². The molecule has 1 saturated heterocycles. The third kappa shape index (κ3) is 4.42. The largest absolute Gasteiger partial charge is 0.481 e. The number of nitrogens with zero attached hydrogens (tertiary/aromatic N) is 1. The van der Waals surface area contributed by atoms with Crippen molar-refractivity contribution in [2.45, 2.75) is 45.1 Å². The highest BCUT2D eigenvalue weighted by atomic mass is 16.4. The molecular weight excluding hydrogens is 374 g/mol. The molecule has 2 heterocycles. The topological polar surface area (TPSA) is 126 Å². The van der Waals surface area contributed by atoms with Crippen molar-refractivity contribution in [3.63, 3.8) is 0 Å². The van der Waals surface area contributed by atoms with Gasteiger partial charge in [0.1, 0.15) is 5.41 Å². The van der Waals surface area contributed by atoms with Crippen LogP contribution in [0.4, 0.5) is 0 Å². The van der Waals surface area contributed by atoms with Gasteiger partial charge in [-0.1, -0.05) is 30.3 Å². The summed E-state index contributed by atoms with van der Waals surface area (Å²) >= 11 is 0. The zero-order valence-electron chi connectivity index (χ0n) is 16.5. The summed E-state index contributed by atoms with van der Waals surface area (Å²) < 4.78 is 0. The van der Waals surface area contributed by atoms with Crippen molar-refractivity contribution in [2.24, 2.45) is 5.41 Å². The second-order valence-corrected chi connectivity index (χ2v) is 7.78. The Morgan fingerprint density at radius 2 is 1.97 bits per heavy atom. The Kier molecular flexibility index (Phi) is 6.22. The predicted octanol–water partition coefficient (Wildman–Crippen LogP) is 1.24. The van der Waals surface area contributed by atoms with E-state index in [0.717, 1.165) is 5.56 Å². The minimum atomic E-state index is -1.40. The first-order valence-electron chi connectivity index (χ1n) is 9.83. The van der Waals surface area contributed by atoms with E-state index in [-0.39, 0.29) is 43.8 Å². The van der Waals surface area contributed by atoms with Crippen molar-refractivity contribution >= 4 is 11.9 Å². The number of hydrogen-bond acceptors (Lipinski definition) is 4. The number of amides is 1. The number of aromatic amines is 2. The third-order valence-electron chi connectivity index (χ3n) is 5.91. The van der Waals surface area contributed by atoms with Crippen LogP contribution in [0.5, 0.6) is 0 Å². The lowest BCUT2D eigenvalue weighted by atomic mass is 9.73. The number of carbonyl (C=O) groups is 2. The summed E-state index contributed by atoms with van der Waals surface area (Å²) in [5.74, 6) is -1.40. The van der Waals surface area contributed by atoms with Crippen LogP contribution in [0.15, 0.2) is 35.1 Å². The summed E-state index contributed by atoms with van der Waals surface area (Å²) in [6, 6.07) is 9.76. The maximum atomic E-state index is 12.8. The number of carboxylic acid groups (broad SMARTS) is 1. The van der Waals surface area contributed by atoms with E-state index in [1.54, 1.807) is 6.92 Å². The Balaban J connectivity index is 1.71. The Hall–Kier alpha value is -2.87. The molecule has 1 aliphatic heterocycles. The van der Waals surface area contributed by atoms with E-state index in [2.05, 4.69) is 10.2 Å². The fraction of sp³-hybridized carbons (Fsp3) is 0.476. The average Bonchev–Trinajstić information content (AvgIpc) is 3.02. The molecule has 1 amide bonds. The highest BCUT2D eigenvalue weighted by Gasteiger charge is 2.49. The summed E-state index contributed by atoms with van der Waals surface area (Å²) in [7, 11) is 0. The van der Waals surface area contributed by atoms with Gasteiger partial charge in [0.05, 0.1) is 12.5 Å². The van der Waals surface area contributed by atoms with Crippen molar-refractivity contribution in [1.29, 1.82) is 0 Å². The lowest BCUT2D eigenvalue weighted by Gasteiger charge is -2.43. The van der Waals surface area contributed by atoms with Crippen LogP contribution in [0, 0.1) is 12.3 Å². The van der Waals surface area contributed by atoms with Gasteiger partial charge in [-0.05, 0) is 38.2 Å². The Bertz CT molecular complexity index is 920. The van der Waals surface area contributed by atoms with Gasteiger partial charge in [-0.15, -0.1) is 0 Å². The molecule has 1 aromatic heterocycles. The number of aliphatic hydroxyl groups is 1. The summed E-state index contributed by atoms with van der Waals surface area (Å²) in [5, 5.41) is 25.6. The van der Waals surface area contributed by atoms with Gasteiger partial charge < -0.3 is 20.2 Å². The fourth-order valence-corrected chi connectivity index (χ4v) is 4.06. The van der Waals surface area contributed by atoms with E-state index >= 15 is 0 Å². The summed E-state index contributed by atoms with van der Waals surface area (Å²) in [4.78, 5) is 38.2. The molecule has 0 spiro atoms. The van der Waals surface area contributed by atoms with E-state index in [1.807, 2.05) is 30.3 Å². The first-order chi connectivity index (χ1) is 13.8. The van der Waals surface area contributed by atoms with E-state index in [0.29, 0.717) is 24.1 Å². The Morgan fingerprint density at radius 1 is 1.24 bits per heavy atom. The average molecular weight is 401 g/mol. The number of aliphatic hydroxyl groups excluding tert-OH is 1. The number of hydrogen-bond donors (Lipinski definition) is 4. The molecule has 2 atom stereocenters. The van der Waals surface area contributed by atoms with E-state index in [9.17, 15) is 24.6 Å². The molecule has 0 aliphatic carbocycles. The molecule has 0 bridgehead atoms. The van der Waals surface area contributed by atoms with Crippen molar-refractivity contribution in [2.75, 3.05) is 13.1 Å². The molecule has 29 heavy (non-hydrogen) atoms. The number of nitrogens with one attached hydrogen (secondary N) is 2.